The Kier molecular flexibility index (Phi) is 5.33. The van der Waals surface area contributed by atoms with E-state index in [0.717, 1.165) is 9.58 Å². The maximum atomic E-state index is 13.4. The zero-order valence-electron chi connectivity index (χ0n) is 17.0. The van der Waals surface area contributed by atoms with Crippen molar-refractivity contribution in [1.29, 1.82) is 0 Å². The number of amides is 2. The lowest BCUT2D eigenvalue weighted by Gasteiger charge is -2.18. The molecule has 1 aliphatic heterocycles. The van der Waals surface area contributed by atoms with Crippen molar-refractivity contribution in [3.05, 3.63) is 70.1 Å². The summed E-state index contributed by atoms with van der Waals surface area (Å²) >= 11 is 12.1. The highest BCUT2D eigenvalue weighted by atomic mass is 35.5. The number of imide groups is 1. The first-order valence-electron chi connectivity index (χ1n) is 9.53. The molecule has 2 aromatic heterocycles. The molecule has 7 nitrogen and oxygen atoms in total. The van der Waals surface area contributed by atoms with E-state index in [1.54, 1.807) is 68.1 Å². The molecule has 4 rings (SSSR count). The molecule has 0 bridgehead atoms. The van der Waals surface area contributed by atoms with Gasteiger partial charge in [-0.1, -0.05) is 29.3 Å². The zero-order valence-corrected chi connectivity index (χ0v) is 18.5. The van der Waals surface area contributed by atoms with Crippen LogP contribution in [0.5, 0.6) is 5.88 Å². The summed E-state index contributed by atoms with van der Waals surface area (Å²) in [5.74, 6) is -1.51. The summed E-state index contributed by atoms with van der Waals surface area (Å²) in [7, 11) is 0. The molecule has 2 amide bonds. The van der Waals surface area contributed by atoms with Gasteiger partial charge in [-0.3, -0.25) is 14.5 Å². The molecule has 3 heterocycles. The zero-order chi connectivity index (χ0) is 22.4. The van der Waals surface area contributed by atoms with Crippen LogP contribution < -0.4 is 9.67 Å². The molecule has 0 atom stereocenters. The molecule has 1 aromatic carbocycles. The van der Waals surface area contributed by atoms with Gasteiger partial charge in [-0.15, -0.1) is 0 Å². The Morgan fingerprint density at radius 2 is 1.71 bits per heavy atom. The lowest BCUT2D eigenvalue weighted by Crippen LogP contribution is -2.42. The van der Waals surface area contributed by atoms with Gasteiger partial charge in [-0.05, 0) is 44.9 Å². The average molecular weight is 457 g/mol. The standard InChI is InChI=1S/C22H18Cl2N4O3/c1-12(2)27-20(29)18(19(22(27)31)26-9-5-4-6-10-26)17-13(3)25-28(21(17)30)14-7-8-15(23)16(24)11-14/h4-12H,1-3H3. The van der Waals surface area contributed by atoms with Crippen LogP contribution in [0.4, 0.5) is 0 Å². The quantitative estimate of drug-likeness (QED) is 0.446. The number of nitrogens with zero attached hydrogens (tertiary/aromatic N) is 4. The van der Waals surface area contributed by atoms with Crippen molar-refractivity contribution in [1.82, 2.24) is 14.7 Å². The highest BCUT2D eigenvalue weighted by Gasteiger charge is 2.47. The van der Waals surface area contributed by atoms with Crippen molar-refractivity contribution in [2.45, 2.75) is 26.8 Å². The monoisotopic (exact) mass is 456 g/mol. The summed E-state index contributed by atoms with van der Waals surface area (Å²) in [6.45, 7) is 5.12. The molecule has 31 heavy (non-hydrogen) atoms. The van der Waals surface area contributed by atoms with Gasteiger partial charge in [0.15, 0.2) is 12.4 Å². The summed E-state index contributed by atoms with van der Waals surface area (Å²) in [6.07, 6.45) is 3.32. The van der Waals surface area contributed by atoms with Crippen molar-refractivity contribution in [2.75, 3.05) is 0 Å². The van der Waals surface area contributed by atoms with Crippen LogP contribution in [-0.4, -0.2) is 32.5 Å². The highest BCUT2D eigenvalue weighted by Crippen LogP contribution is 2.37. The Morgan fingerprint density at radius 3 is 2.32 bits per heavy atom. The fraction of sp³-hybridized carbons (Fsp3) is 0.182. The van der Waals surface area contributed by atoms with E-state index in [-0.39, 0.29) is 27.9 Å². The van der Waals surface area contributed by atoms with E-state index in [9.17, 15) is 14.7 Å². The smallest absolute Gasteiger partial charge is 0.327 e. The number of benzene rings is 1. The van der Waals surface area contributed by atoms with Crippen molar-refractivity contribution in [2.24, 2.45) is 0 Å². The largest absolute Gasteiger partial charge is 0.858 e. The molecule has 0 unspecified atom stereocenters. The number of carbonyl (C=O) groups is 2. The van der Waals surface area contributed by atoms with Crippen molar-refractivity contribution in [3.63, 3.8) is 0 Å². The van der Waals surface area contributed by atoms with Crippen LogP contribution in [0.2, 0.25) is 10.0 Å². The van der Waals surface area contributed by atoms with Gasteiger partial charge in [0, 0.05) is 23.7 Å². The van der Waals surface area contributed by atoms with Crippen LogP contribution in [0.25, 0.3) is 17.0 Å². The molecule has 0 saturated heterocycles. The second-order valence-corrected chi connectivity index (χ2v) is 8.17. The van der Waals surface area contributed by atoms with E-state index in [2.05, 4.69) is 5.10 Å². The molecule has 0 N–H and O–H groups in total. The van der Waals surface area contributed by atoms with E-state index in [1.807, 2.05) is 0 Å². The van der Waals surface area contributed by atoms with Crippen LogP contribution in [0.1, 0.15) is 25.1 Å². The van der Waals surface area contributed by atoms with Gasteiger partial charge in [0.25, 0.3) is 11.6 Å². The van der Waals surface area contributed by atoms with Crippen LogP contribution in [0, 0.1) is 6.92 Å². The minimum absolute atomic E-state index is 0.0312. The third-order valence-electron chi connectivity index (χ3n) is 5.00. The first kappa shape index (κ1) is 21.1. The van der Waals surface area contributed by atoms with Crippen LogP contribution >= 0.6 is 23.2 Å². The number of pyridine rings is 1. The van der Waals surface area contributed by atoms with Gasteiger partial charge >= 0.3 is 5.91 Å². The molecule has 0 aliphatic carbocycles. The average Bonchev–Trinajstić information content (AvgIpc) is 3.16. The van der Waals surface area contributed by atoms with Crippen LogP contribution in [0.15, 0.2) is 48.8 Å². The predicted octanol–water partition coefficient (Wildman–Crippen LogP) is 2.99. The molecular formula is C22H18Cl2N4O3. The lowest BCUT2D eigenvalue weighted by molar-refractivity contribution is -0.576. The summed E-state index contributed by atoms with van der Waals surface area (Å²) in [5.41, 5.74) is 0.962. The topological polar surface area (TPSA) is 82.1 Å². The molecule has 0 fully saturated rings. The van der Waals surface area contributed by atoms with Gasteiger partial charge in [0.2, 0.25) is 0 Å². The second kappa shape index (κ2) is 7.83. The van der Waals surface area contributed by atoms with Crippen molar-refractivity contribution < 1.29 is 19.3 Å². The minimum Gasteiger partial charge on any atom is -0.858 e. The minimum atomic E-state index is -0.528. The highest BCUT2D eigenvalue weighted by molar-refractivity contribution is 6.45. The maximum Gasteiger partial charge on any atom is 0.327 e. The van der Waals surface area contributed by atoms with Gasteiger partial charge < -0.3 is 5.11 Å². The lowest BCUT2D eigenvalue weighted by atomic mass is 10.0. The van der Waals surface area contributed by atoms with E-state index in [4.69, 9.17) is 23.2 Å². The molecule has 9 heteroatoms. The molecule has 0 spiro atoms. The number of hydrogen-bond donors (Lipinski definition) is 0. The van der Waals surface area contributed by atoms with Crippen LogP contribution in [-0.2, 0) is 9.59 Å². The van der Waals surface area contributed by atoms with E-state index in [1.165, 1.54) is 6.07 Å². The maximum absolute atomic E-state index is 13.4. The Balaban J connectivity index is 1.97. The molecule has 0 saturated carbocycles. The SMILES string of the molecule is Cc1nn(-c2ccc(Cl)c(Cl)c2)c([O-])c1C1=C([n+]2ccccc2)C(=O)N(C(C)C)C1=O. The fourth-order valence-electron chi connectivity index (χ4n) is 3.60. The number of aryl methyl sites for hydroxylation is 1. The van der Waals surface area contributed by atoms with Gasteiger partial charge in [-0.25, -0.2) is 4.68 Å². The normalized spacial score (nSPS) is 14.3. The third kappa shape index (κ3) is 3.40. The Morgan fingerprint density at radius 1 is 1.03 bits per heavy atom. The van der Waals surface area contributed by atoms with Crippen molar-refractivity contribution >= 4 is 46.3 Å². The fourth-order valence-corrected chi connectivity index (χ4v) is 3.89. The number of rotatable bonds is 4. The number of aromatic nitrogens is 3. The van der Waals surface area contributed by atoms with E-state index in [0.29, 0.717) is 16.4 Å². The summed E-state index contributed by atoms with van der Waals surface area (Å²) in [5, 5.41) is 18.3. The molecular weight excluding hydrogens is 439 g/mol. The van der Waals surface area contributed by atoms with Crippen LogP contribution in [0.3, 0.4) is 0 Å². The number of carbonyl (C=O) groups excluding carboxylic acids is 2. The van der Waals surface area contributed by atoms with Crippen molar-refractivity contribution in [3.8, 4) is 11.6 Å². The second-order valence-electron chi connectivity index (χ2n) is 7.36. The van der Waals surface area contributed by atoms with E-state index < -0.39 is 17.7 Å². The first-order valence-corrected chi connectivity index (χ1v) is 10.3. The summed E-state index contributed by atoms with van der Waals surface area (Å²) in [4.78, 5) is 27.7. The Labute approximate surface area is 188 Å². The first-order chi connectivity index (χ1) is 14.7. The number of hydrogen-bond acceptors (Lipinski definition) is 4. The molecule has 1 aliphatic rings. The predicted molar refractivity (Wildman–Crippen MR) is 115 cm³/mol. The van der Waals surface area contributed by atoms with Gasteiger partial charge in [0.1, 0.15) is 5.57 Å². The Hall–Kier alpha value is -3.16. The molecule has 0 radical (unpaired) electrons. The molecule has 3 aromatic rings. The van der Waals surface area contributed by atoms with E-state index >= 15 is 0 Å². The molecule has 158 valence electrons. The Bertz CT molecular complexity index is 1250. The summed E-state index contributed by atoms with van der Waals surface area (Å²) in [6, 6.07) is 9.59. The number of halogens is 2. The van der Waals surface area contributed by atoms with Gasteiger partial charge in [-0.2, -0.15) is 9.67 Å². The van der Waals surface area contributed by atoms with Gasteiger partial charge in [0.05, 0.1) is 21.4 Å². The summed E-state index contributed by atoms with van der Waals surface area (Å²) < 4.78 is 2.70. The third-order valence-corrected chi connectivity index (χ3v) is 5.74.